The largest absolute Gasteiger partial charge is 0.384 e. The van der Waals surface area contributed by atoms with Gasteiger partial charge in [-0.1, -0.05) is 20.8 Å². The zero-order valence-corrected chi connectivity index (χ0v) is 14.8. The molecule has 1 aromatic heterocycles. The van der Waals surface area contributed by atoms with Crippen molar-refractivity contribution in [2.75, 3.05) is 11.9 Å². The number of anilines is 1. The summed E-state index contributed by atoms with van der Waals surface area (Å²) in [6.45, 7) is 7.11. The maximum atomic E-state index is 13.5. The van der Waals surface area contributed by atoms with E-state index in [-0.39, 0.29) is 22.4 Å². The highest BCUT2D eigenvalue weighted by Gasteiger charge is 2.30. The molecule has 0 atom stereocenters. The van der Waals surface area contributed by atoms with Crippen molar-refractivity contribution in [3.05, 3.63) is 64.0 Å². The summed E-state index contributed by atoms with van der Waals surface area (Å²) >= 11 is 0. The second kappa shape index (κ2) is 5.49. The molecule has 0 radical (unpaired) electrons. The third-order valence-corrected chi connectivity index (χ3v) is 4.34. The number of hydrogen-bond acceptors (Lipinski definition) is 4. The van der Waals surface area contributed by atoms with Crippen molar-refractivity contribution < 1.29 is 9.18 Å². The van der Waals surface area contributed by atoms with E-state index < -0.39 is 11.6 Å². The normalized spacial score (nSPS) is 13.0. The van der Waals surface area contributed by atoms with E-state index in [1.807, 2.05) is 6.07 Å². The van der Waals surface area contributed by atoms with Gasteiger partial charge in [0, 0.05) is 12.2 Å². The third kappa shape index (κ3) is 2.58. The smallest absolute Gasteiger partial charge is 0.266 e. The fourth-order valence-electron chi connectivity index (χ4n) is 3.04. The summed E-state index contributed by atoms with van der Waals surface area (Å²) in [7, 11) is 0. The lowest BCUT2D eigenvalue weighted by molar-refractivity contribution is 0.103. The molecule has 3 aromatic rings. The Morgan fingerprint density at radius 1 is 1.12 bits per heavy atom. The zero-order chi connectivity index (χ0) is 18.6. The Hall–Kier alpha value is -3.02. The molecule has 1 aliphatic heterocycles. The van der Waals surface area contributed by atoms with Gasteiger partial charge in [-0.05, 0) is 41.8 Å². The SMILES string of the molecule is CC(C)(C)CNc1ccc2c(=O)n3c(nc2c1)C(=O)c1cc(F)ccc1-3. The molecule has 0 unspecified atom stereocenters. The molecule has 132 valence electrons. The maximum absolute atomic E-state index is 13.5. The first-order valence-electron chi connectivity index (χ1n) is 8.40. The maximum Gasteiger partial charge on any atom is 0.266 e. The van der Waals surface area contributed by atoms with Gasteiger partial charge < -0.3 is 5.32 Å². The molecule has 0 saturated carbocycles. The van der Waals surface area contributed by atoms with Crippen molar-refractivity contribution in [3.63, 3.8) is 0 Å². The van der Waals surface area contributed by atoms with Crippen molar-refractivity contribution in [3.8, 4) is 5.69 Å². The number of halogens is 1. The molecule has 0 bridgehead atoms. The summed E-state index contributed by atoms with van der Waals surface area (Å²) in [6.07, 6.45) is 0. The number of rotatable bonds is 2. The van der Waals surface area contributed by atoms with E-state index in [2.05, 4.69) is 31.1 Å². The minimum Gasteiger partial charge on any atom is -0.384 e. The highest BCUT2D eigenvalue weighted by atomic mass is 19.1. The molecule has 5 nitrogen and oxygen atoms in total. The van der Waals surface area contributed by atoms with Crippen LogP contribution in [0.5, 0.6) is 0 Å². The molecule has 1 aliphatic rings. The summed E-state index contributed by atoms with van der Waals surface area (Å²) in [5.41, 5.74) is 1.59. The van der Waals surface area contributed by atoms with Crippen LogP contribution in [0.4, 0.5) is 10.1 Å². The van der Waals surface area contributed by atoms with Crippen LogP contribution >= 0.6 is 0 Å². The van der Waals surface area contributed by atoms with E-state index in [0.29, 0.717) is 16.6 Å². The lowest BCUT2D eigenvalue weighted by atomic mass is 9.97. The number of fused-ring (bicyclic) bond motifs is 4. The summed E-state index contributed by atoms with van der Waals surface area (Å²) in [5.74, 6) is -0.932. The lowest BCUT2D eigenvalue weighted by Crippen LogP contribution is -2.22. The Balaban J connectivity index is 1.86. The summed E-state index contributed by atoms with van der Waals surface area (Å²) in [4.78, 5) is 29.9. The van der Waals surface area contributed by atoms with Crippen LogP contribution in [0.15, 0.2) is 41.2 Å². The predicted octanol–water partition coefficient (Wildman–Crippen LogP) is 3.53. The van der Waals surface area contributed by atoms with E-state index in [9.17, 15) is 14.0 Å². The first-order chi connectivity index (χ1) is 12.2. The number of hydrogen-bond donors (Lipinski definition) is 1. The molecule has 0 aliphatic carbocycles. The second-order valence-electron chi connectivity index (χ2n) is 7.71. The molecular formula is C20H18FN3O2. The Labute approximate surface area is 149 Å². The average molecular weight is 351 g/mol. The molecule has 2 heterocycles. The van der Waals surface area contributed by atoms with Gasteiger partial charge >= 0.3 is 0 Å². The fraction of sp³-hybridized carbons (Fsp3) is 0.250. The average Bonchev–Trinajstić information content (AvgIpc) is 2.85. The highest BCUT2D eigenvalue weighted by Crippen LogP contribution is 2.27. The van der Waals surface area contributed by atoms with E-state index in [4.69, 9.17) is 0 Å². The van der Waals surface area contributed by atoms with Gasteiger partial charge in [-0.25, -0.2) is 9.37 Å². The fourth-order valence-corrected chi connectivity index (χ4v) is 3.04. The van der Waals surface area contributed by atoms with Crippen molar-refractivity contribution in [1.29, 1.82) is 0 Å². The molecule has 4 rings (SSSR count). The predicted molar refractivity (Wildman–Crippen MR) is 98.7 cm³/mol. The van der Waals surface area contributed by atoms with Gasteiger partial charge in [-0.15, -0.1) is 0 Å². The van der Waals surface area contributed by atoms with Gasteiger partial charge in [0.2, 0.25) is 5.78 Å². The van der Waals surface area contributed by atoms with Crippen molar-refractivity contribution >= 4 is 22.4 Å². The van der Waals surface area contributed by atoms with Crippen LogP contribution in [0.1, 0.15) is 37.0 Å². The number of carbonyl (C=O) groups is 1. The van der Waals surface area contributed by atoms with Crippen LogP contribution in [0.3, 0.4) is 0 Å². The van der Waals surface area contributed by atoms with Gasteiger partial charge in [-0.3, -0.25) is 14.2 Å². The quantitative estimate of drug-likeness (QED) is 0.600. The molecule has 0 spiro atoms. The Morgan fingerprint density at radius 3 is 2.62 bits per heavy atom. The number of carbonyl (C=O) groups excluding carboxylic acids is 1. The number of benzene rings is 2. The highest BCUT2D eigenvalue weighted by molar-refractivity contribution is 6.13. The van der Waals surface area contributed by atoms with E-state index in [0.717, 1.165) is 18.3 Å². The number of ketones is 1. The Morgan fingerprint density at radius 2 is 1.88 bits per heavy atom. The summed E-state index contributed by atoms with van der Waals surface area (Å²) in [6, 6.07) is 9.11. The molecule has 1 N–H and O–H groups in total. The first kappa shape index (κ1) is 16.4. The Kier molecular flexibility index (Phi) is 3.47. The summed E-state index contributed by atoms with van der Waals surface area (Å²) < 4.78 is 14.8. The molecule has 0 saturated heterocycles. The van der Waals surface area contributed by atoms with Gasteiger partial charge in [0.05, 0.1) is 22.2 Å². The Bertz CT molecular complexity index is 1130. The van der Waals surface area contributed by atoms with Gasteiger partial charge in [0.1, 0.15) is 5.82 Å². The second-order valence-corrected chi connectivity index (χ2v) is 7.71. The number of nitrogens with zero attached hydrogens (tertiary/aromatic N) is 2. The van der Waals surface area contributed by atoms with Crippen LogP contribution in [0.25, 0.3) is 16.6 Å². The van der Waals surface area contributed by atoms with Crippen molar-refractivity contribution in [2.45, 2.75) is 20.8 Å². The van der Waals surface area contributed by atoms with Crippen LogP contribution in [0, 0.1) is 11.2 Å². The zero-order valence-electron chi connectivity index (χ0n) is 14.8. The molecule has 0 fully saturated rings. The van der Waals surface area contributed by atoms with Crippen molar-refractivity contribution in [1.82, 2.24) is 9.55 Å². The molecule has 0 amide bonds. The minimum absolute atomic E-state index is 0.0241. The molecule has 2 aromatic carbocycles. The van der Waals surface area contributed by atoms with E-state index >= 15 is 0 Å². The van der Waals surface area contributed by atoms with Crippen LogP contribution in [-0.2, 0) is 0 Å². The number of nitrogens with one attached hydrogen (secondary N) is 1. The lowest BCUT2D eigenvalue weighted by Gasteiger charge is -2.19. The minimum atomic E-state index is -0.517. The molecular weight excluding hydrogens is 333 g/mol. The van der Waals surface area contributed by atoms with Crippen LogP contribution in [-0.4, -0.2) is 21.9 Å². The van der Waals surface area contributed by atoms with Crippen molar-refractivity contribution in [2.24, 2.45) is 5.41 Å². The molecule has 6 heteroatoms. The summed E-state index contributed by atoms with van der Waals surface area (Å²) in [5, 5.41) is 3.73. The van der Waals surface area contributed by atoms with Gasteiger partial charge in [0.15, 0.2) is 5.82 Å². The standard InChI is InChI=1S/C20H18FN3O2/c1-20(2,3)10-22-12-5-6-13-15(9-12)23-18-17(25)14-8-11(21)4-7-16(14)24(18)19(13)26/h4-9,22H,10H2,1-3H3. The van der Waals surface area contributed by atoms with E-state index in [1.54, 1.807) is 12.1 Å². The van der Waals surface area contributed by atoms with Crippen LogP contribution in [0.2, 0.25) is 0 Å². The van der Waals surface area contributed by atoms with E-state index in [1.165, 1.54) is 16.7 Å². The van der Waals surface area contributed by atoms with Gasteiger partial charge in [-0.2, -0.15) is 0 Å². The third-order valence-electron chi connectivity index (χ3n) is 4.34. The number of aromatic nitrogens is 2. The van der Waals surface area contributed by atoms with Crippen LogP contribution < -0.4 is 10.9 Å². The first-order valence-corrected chi connectivity index (χ1v) is 8.40. The molecule has 26 heavy (non-hydrogen) atoms. The monoisotopic (exact) mass is 351 g/mol. The van der Waals surface area contributed by atoms with Gasteiger partial charge in [0.25, 0.3) is 5.56 Å². The topological polar surface area (TPSA) is 64.0 Å².